The third-order valence-electron chi connectivity index (χ3n) is 2.27. The summed E-state index contributed by atoms with van der Waals surface area (Å²) in [6.45, 7) is 0.857. The number of halogens is 1. The fraction of sp³-hybridized carbons (Fsp3) is 0.273. The van der Waals surface area contributed by atoms with Crippen molar-refractivity contribution < 1.29 is 0 Å². The van der Waals surface area contributed by atoms with Gasteiger partial charge in [0.15, 0.2) is 5.16 Å². The van der Waals surface area contributed by atoms with Crippen LogP contribution in [-0.4, -0.2) is 21.8 Å². The van der Waals surface area contributed by atoms with Crippen molar-refractivity contribution in [1.82, 2.24) is 20.1 Å². The van der Waals surface area contributed by atoms with Gasteiger partial charge in [0.1, 0.15) is 6.33 Å². The van der Waals surface area contributed by atoms with E-state index in [9.17, 15) is 0 Å². The highest BCUT2D eigenvalue weighted by Crippen LogP contribution is 2.29. The highest BCUT2D eigenvalue weighted by molar-refractivity contribution is 9.10. The predicted molar refractivity (Wildman–Crippen MR) is 72.0 cm³/mol. The van der Waals surface area contributed by atoms with Gasteiger partial charge in [0, 0.05) is 23.0 Å². The van der Waals surface area contributed by atoms with Gasteiger partial charge in [-0.15, -0.1) is 10.2 Å². The number of benzene rings is 1. The van der Waals surface area contributed by atoms with Crippen molar-refractivity contribution in [2.45, 2.75) is 16.6 Å². The van der Waals surface area contributed by atoms with Crippen molar-refractivity contribution in [3.63, 3.8) is 0 Å². The van der Waals surface area contributed by atoms with E-state index in [0.717, 1.165) is 21.1 Å². The molecule has 0 radical (unpaired) electrons. The van der Waals surface area contributed by atoms with Crippen LogP contribution in [0.4, 0.5) is 0 Å². The van der Waals surface area contributed by atoms with Gasteiger partial charge in [0.2, 0.25) is 0 Å². The minimum Gasteiger partial charge on any atom is -0.316 e. The predicted octanol–water partition coefficient (Wildman–Crippen LogP) is 2.45. The lowest BCUT2D eigenvalue weighted by Gasteiger charge is -2.06. The van der Waals surface area contributed by atoms with Crippen LogP contribution < -0.4 is 5.32 Å². The molecule has 90 valence electrons. The Morgan fingerprint density at radius 2 is 2.29 bits per heavy atom. The summed E-state index contributed by atoms with van der Waals surface area (Å²) in [6, 6.07) is 6.31. The molecule has 0 saturated carbocycles. The van der Waals surface area contributed by atoms with E-state index in [1.165, 1.54) is 5.56 Å². The first-order valence-electron chi connectivity index (χ1n) is 5.15. The Bertz CT molecular complexity index is 512. The summed E-state index contributed by atoms with van der Waals surface area (Å²) in [5, 5.41) is 11.9. The smallest absolute Gasteiger partial charge is 0.195 e. The molecular formula is C11H13BrN4S. The molecule has 0 fully saturated rings. The molecule has 0 saturated heterocycles. The van der Waals surface area contributed by atoms with Crippen LogP contribution in [0, 0.1) is 0 Å². The van der Waals surface area contributed by atoms with Crippen LogP contribution in [0.1, 0.15) is 5.56 Å². The summed E-state index contributed by atoms with van der Waals surface area (Å²) in [5.41, 5.74) is 1.25. The molecule has 0 unspecified atom stereocenters. The second-order valence-corrected chi connectivity index (χ2v) is 5.51. The first kappa shape index (κ1) is 12.6. The number of rotatable bonds is 4. The lowest BCUT2D eigenvalue weighted by Crippen LogP contribution is -2.05. The molecule has 6 heteroatoms. The Hall–Kier alpha value is -0.850. The maximum Gasteiger partial charge on any atom is 0.195 e. The van der Waals surface area contributed by atoms with E-state index in [0.29, 0.717) is 0 Å². The molecular weight excluding hydrogens is 300 g/mol. The molecule has 0 aliphatic heterocycles. The molecule has 0 bridgehead atoms. The van der Waals surface area contributed by atoms with Crippen LogP contribution in [0.25, 0.3) is 0 Å². The Kier molecular flexibility index (Phi) is 4.20. The van der Waals surface area contributed by atoms with E-state index in [4.69, 9.17) is 0 Å². The van der Waals surface area contributed by atoms with Gasteiger partial charge in [-0.05, 0) is 36.5 Å². The Morgan fingerprint density at radius 3 is 2.88 bits per heavy atom. The summed E-state index contributed by atoms with van der Waals surface area (Å²) in [7, 11) is 3.88. The second kappa shape index (κ2) is 5.66. The molecule has 0 aliphatic rings. The molecule has 4 nitrogen and oxygen atoms in total. The average molecular weight is 313 g/mol. The molecule has 0 spiro atoms. The highest BCUT2D eigenvalue weighted by Gasteiger charge is 2.06. The van der Waals surface area contributed by atoms with Crippen LogP contribution in [0.2, 0.25) is 0 Å². The van der Waals surface area contributed by atoms with E-state index >= 15 is 0 Å². The fourth-order valence-corrected chi connectivity index (χ4v) is 2.87. The minimum absolute atomic E-state index is 0.857. The van der Waals surface area contributed by atoms with Gasteiger partial charge >= 0.3 is 0 Å². The largest absolute Gasteiger partial charge is 0.316 e. The molecule has 2 aromatic rings. The van der Waals surface area contributed by atoms with E-state index in [2.05, 4.69) is 49.6 Å². The summed E-state index contributed by atoms with van der Waals surface area (Å²) in [6.07, 6.45) is 1.70. The van der Waals surface area contributed by atoms with Crippen molar-refractivity contribution in [2.24, 2.45) is 7.05 Å². The van der Waals surface area contributed by atoms with Crippen LogP contribution in [0.3, 0.4) is 0 Å². The first-order chi connectivity index (χ1) is 8.20. The van der Waals surface area contributed by atoms with Crippen molar-refractivity contribution in [1.29, 1.82) is 0 Å². The third-order valence-corrected chi connectivity index (χ3v) is 4.05. The van der Waals surface area contributed by atoms with Crippen LogP contribution in [0.15, 0.2) is 39.1 Å². The van der Waals surface area contributed by atoms with Gasteiger partial charge in [0.25, 0.3) is 0 Å². The molecule has 0 atom stereocenters. The zero-order chi connectivity index (χ0) is 12.3. The van der Waals surface area contributed by atoms with E-state index < -0.39 is 0 Å². The van der Waals surface area contributed by atoms with Gasteiger partial charge in [-0.25, -0.2) is 0 Å². The Labute approximate surface area is 113 Å². The van der Waals surface area contributed by atoms with E-state index in [-0.39, 0.29) is 0 Å². The zero-order valence-corrected chi connectivity index (χ0v) is 12.0. The van der Waals surface area contributed by atoms with Crippen molar-refractivity contribution in [2.75, 3.05) is 7.05 Å². The maximum atomic E-state index is 4.05. The highest BCUT2D eigenvalue weighted by atomic mass is 79.9. The van der Waals surface area contributed by atoms with Gasteiger partial charge in [0.05, 0.1) is 0 Å². The van der Waals surface area contributed by atoms with Crippen LogP contribution >= 0.6 is 27.7 Å². The van der Waals surface area contributed by atoms with E-state index in [1.807, 2.05) is 18.7 Å². The first-order valence-corrected chi connectivity index (χ1v) is 6.76. The lowest BCUT2D eigenvalue weighted by atomic mass is 10.2. The second-order valence-electron chi connectivity index (χ2n) is 3.61. The molecule has 0 amide bonds. The number of aromatic nitrogens is 3. The molecule has 17 heavy (non-hydrogen) atoms. The fourth-order valence-electron chi connectivity index (χ4n) is 1.40. The summed E-state index contributed by atoms with van der Waals surface area (Å²) in [5.74, 6) is 0. The number of aryl methyl sites for hydroxylation is 1. The summed E-state index contributed by atoms with van der Waals surface area (Å²) < 4.78 is 3.01. The number of hydrogen-bond acceptors (Lipinski definition) is 4. The van der Waals surface area contributed by atoms with Crippen LogP contribution in [-0.2, 0) is 13.6 Å². The summed E-state index contributed by atoms with van der Waals surface area (Å²) in [4.78, 5) is 1.15. The Morgan fingerprint density at radius 1 is 1.47 bits per heavy atom. The quantitative estimate of drug-likeness (QED) is 0.941. The number of hydrogen-bond donors (Lipinski definition) is 1. The lowest BCUT2D eigenvalue weighted by molar-refractivity contribution is 0.788. The van der Waals surface area contributed by atoms with Gasteiger partial charge in [-0.2, -0.15) is 0 Å². The van der Waals surface area contributed by atoms with Gasteiger partial charge in [-0.3, -0.25) is 0 Å². The van der Waals surface area contributed by atoms with Crippen molar-refractivity contribution in [3.05, 3.63) is 34.6 Å². The Balaban J connectivity index is 2.18. The molecule has 2 rings (SSSR count). The third kappa shape index (κ3) is 3.08. The topological polar surface area (TPSA) is 42.7 Å². The van der Waals surface area contributed by atoms with Crippen molar-refractivity contribution >= 4 is 27.7 Å². The minimum atomic E-state index is 0.857. The zero-order valence-electron chi connectivity index (χ0n) is 9.64. The molecule has 0 aliphatic carbocycles. The van der Waals surface area contributed by atoms with Gasteiger partial charge < -0.3 is 9.88 Å². The van der Waals surface area contributed by atoms with Crippen LogP contribution in [0.5, 0.6) is 0 Å². The number of nitrogens with zero attached hydrogens (tertiary/aromatic N) is 3. The normalized spacial score (nSPS) is 10.8. The molecule has 1 N–H and O–H groups in total. The van der Waals surface area contributed by atoms with Crippen molar-refractivity contribution in [3.8, 4) is 0 Å². The maximum absolute atomic E-state index is 4.05. The number of nitrogens with one attached hydrogen (secondary N) is 1. The van der Waals surface area contributed by atoms with Gasteiger partial charge in [-0.1, -0.05) is 22.0 Å². The molecule has 1 aromatic heterocycles. The summed E-state index contributed by atoms with van der Waals surface area (Å²) >= 11 is 5.18. The monoisotopic (exact) mass is 312 g/mol. The molecule has 1 heterocycles. The average Bonchev–Trinajstić information content (AvgIpc) is 2.69. The SMILES string of the molecule is CNCc1ccc(Sc2nncn2C)cc1Br. The van der Waals surface area contributed by atoms with E-state index in [1.54, 1.807) is 18.1 Å². The standard InChI is InChI=1S/C11H13BrN4S/c1-13-6-8-3-4-9(5-10(8)12)17-11-15-14-7-16(11)2/h3-5,7,13H,6H2,1-2H3. The molecule has 1 aromatic carbocycles.